The summed E-state index contributed by atoms with van der Waals surface area (Å²) >= 11 is 3.47. The maximum absolute atomic E-state index is 5.91. The number of quaternary nitrogens is 1. The molecule has 0 bridgehead atoms. The molecule has 5 heteroatoms. The fraction of sp³-hybridized carbons (Fsp3) is 0.263. The van der Waals surface area contributed by atoms with Crippen LogP contribution in [-0.2, 0) is 6.54 Å². The van der Waals surface area contributed by atoms with Crippen LogP contribution in [0.1, 0.15) is 30.0 Å². The third-order valence-corrected chi connectivity index (χ3v) is 4.74. The Labute approximate surface area is 150 Å². The minimum atomic E-state index is 0.125. The quantitative estimate of drug-likeness (QED) is 0.728. The molecule has 1 aromatic heterocycles. The lowest BCUT2D eigenvalue weighted by molar-refractivity contribution is -0.925. The van der Waals surface area contributed by atoms with Crippen LogP contribution in [0.2, 0.25) is 0 Å². The van der Waals surface area contributed by atoms with E-state index in [1.54, 1.807) is 0 Å². The van der Waals surface area contributed by atoms with Crippen molar-refractivity contribution in [3.05, 3.63) is 70.0 Å². The average molecular weight is 387 g/mol. The number of rotatable bonds is 5. The first kappa shape index (κ1) is 16.9. The molecule has 0 aliphatic carbocycles. The van der Waals surface area contributed by atoms with Gasteiger partial charge in [0.1, 0.15) is 6.54 Å². The number of benzene rings is 2. The third kappa shape index (κ3) is 3.91. The number of nitrogens with zero attached hydrogens (tertiary/aromatic N) is 2. The summed E-state index contributed by atoms with van der Waals surface area (Å²) in [6.07, 6.45) is 0. The van der Waals surface area contributed by atoms with Gasteiger partial charge in [0.15, 0.2) is 6.04 Å². The zero-order valence-corrected chi connectivity index (χ0v) is 15.7. The van der Waals surface area contributed by atoms with Gasteiger partial charge in [0.2, 0.25) is 5.89 Å². The summed E-state index contributed by atoms with van der Waals surface area (Å²) in [6, 6.07) is 16.6. The summed E-state index contributed by atoms with van der Waals surface area (Å²) in [5.41, 5.74) is 3.42. The van der Waals surface area contributed by atoms with E-state index < -0.39 is 0 Å². The molecule has 0 saturated heterocycles. The molecule has 1 unspecified atom stereocenters. The molecule has 1 heterocycles. The first-order chi connectivity index (χ1) is 11.5. The van der Waals surface area contributed by atoms with Gasteiger partial charge in [-0.05, 0) is 38.1 Å². The zero-order chi connectivity index (χ0) is 17.1. The number of hydrogen-bond donors (Lipinski definition) is 1. The highest BCUT2D eigenvalue weighted by Gasteiger charge is 2.22. The van der Waals surface area contributed by atoms with Crippen molar-refractivity contribution in [2.45, 2.75) is 26.4 Å². The standard InChI is InChI=1S/C19H20BrN3O/c1-13-5-4-6-16(11-13)19-22-21-18(24-19)14(2)23(3)12-15-7-9-17(20)10-8-15/h4-11,14H,12H2,1-3H3/p+1/t14-/m0/s1. The van der Waals surface area contributed by atoms with Gasteiger partial charge in [-0.15, -0.1) is 10.2 Å². The van der Waals surface area contributed by atoms with Gasteiger partial charge in [-0.3, -0.25) is 0 Å². The molecule has 0 radical (unpaired) electrons. The molecule has 1 N–H and O–H groups in total. The molecule has 124 valence electrons. The van der Waals surface area contributed by atoms with Crippen LogP contribution in [-0.4, -0.2) is 17.2 Å². The van der Waals surface area contributed by atoms with E-state index in [0.29, 0.717) is 11.8 Å². The predicted octanol–water partition coefficient (Wildman–Crippen LogP) is 3.58. The molecule has 0 spiro atoms. The second-order valence-corrected chi connectivity index (χ2v) is 7.10. The predicted molar refractivity (Wildman–Crippen MR) is 97.6 cm³/mol. The highest BCUT2D eigenvalue weighted by atomic mass is 79.9. The molecular formula is C19H21BrN3O+. The van der Waals surface area contributed by atoms with Crippen LogP contribution in [0.5, 0.6) is 0 Å². The Kier molecular flexibility index (Phi) is 5.11. The largest absolute Gasteiger partial charge is 0.415 e. The van der Waals surface area contributed by atoms with Crippen LogP contribution in [0.4, 0.5) is 0 Å². The van der Waals surface area contributed by atoms with Crippen LogP contribution in [0.25, 0.3) is 11.5 Å². The Morgan fingerprint density at radius 2 is 1.88 bits per heavy atom. The average Bonchev–Trinajstić information content (AvgIpc) is 3.06. The number of aromatic nitrogens is 2. The summed E-state index contributed by atoms with van der Waals surface area (Å²) in [5, 5.41) is 8.47. The van der Waals surface area contributed by atoms with Crippen LogP contribution in [0, 0.1) is 6.92 Å². The van der Waals surface area contributed by atoms with Crippen molar-refractivity contribution in [1.29, 1.82) is 0 Å². The van der Waals surface area contributed by atoms with Crippen LogP contribution >= 0.6 is 15.9 Å². The fourth-order valence-corrected chi connectivity index (χ4v) is 2.86. The van der Waals surface area contributed by atoms with Gasteiger partial charge in [0.05, 0.1) is 7.05 Å². The minimum Gasteiger partial charge on any atom is -0.415 e. The lowest BCUT2D eigenvalue weighted by Gasteiger charge is -2.18. The number of aryl methyl sites for hydroxylation is 1. The molecule has 2 atom stereocenters. The van der Waals surface area contributed by atoms with Crippen molar-refractivity contribution in [1.82, 2.24) is 10.2 Å². The Morgan fingerprint density at radius 3 is 2.58 bits per heavy atom. The molecule has 0 fully saturated rings. The summed E-state index contributed by atoms with van der Waals surface area (Å²) < 4.78 is 7.01. The molecule has 2 aromatic carbocycles. The summed E-state index contributed by atoms with van der Waals surface area (Å²) in [5.74, 6) is 1.25. The monoisotopic (exact) mass is 386 g/mol. The van der Waals surface area contributed by atoms with E-state index in [0.717, 1.165) is 16.6 Å². The van der Waals surface area contributed by atoms with Crippen molar-refractivity contribution < 1.29 is 9.32 Å². The third-order valence-electron chi connectivity index (χ3n) is 4.21. The highest BCUT2D eigenvalue weighted by Crippen LogP contribution is 2.20. The van der Waals surface area contributed by atoms with E-state index in [1.165, 1.54) is 16.0 Å². The molecule has 24 heavy (non-hydrogen) atoms. The Hall–Kier alpha value is -1.98. The first-order valence-corrected chi connectivity index (χ1v) is 8.79. The molecule has 3 aromatic rings. The van der Waals surface area contributed by atoms with E-state index in [9.17, 15) is 0 Å². The van der Waals surface area contributed by atoms with Crippen molar-refractivity contribution >= 4 is 15.9 Å². The lowest BCUT2D eigenvalue weighted by Crippen LogP contribution is -3.07. The summed E-state index contributed by atoms with van der Waals surface area (Å²) in [6.45, 7) is 5.07. The van der Waals surface area contributed by atoms with E-state index >= 15 is 0 Å². The van der Waals surface area contributed by atoms with Crippen molar-refractivity contribution in [2.24, 2.45) is 0 Å². The maximum atomic E-state index is 5.91. The van der Waals surface area contributed by atoms with Crippen molar-refractivity contribution in [3.8, 4) is 11.5 Å². The second kappa shape index (κ2) is 7.28. The van der Waals surface area contributed by atoms with Crippen molar-refractivity contribution in [3.63, 3.8) is 0 Å². The van der Waals surface area contributed by atoms with E-state index in [2.05, 4.69) is 83.4 Å². The van der Waals surface area contributed by atoms with Crippen LogP contribution in [0.15, 0.2) is 57.4 Å². The van der Waals surface area contributed by atoms with Gasteiger partial charge in [-0.1, -0.05) is 45.8 Å². The van der Waals surface area contributed by atoms with Crippen LogP contribution < -0.4 is 4.90 Å². The molecule has 0 amide bonds. The van der Waals surface area contributed by atoms with E-state index in [1.807, 2.05) is 12.1 Å². The topological polar surface area (TPSA) is 43.4 Å². The van der Waals surface area contributed by atoms with Crippen molar-refractivity contribution in [2.75, 3.05) is 7.05 Å². The summed E-state index contributed by atoms with van der Waals surface area (Å²) in [7, 11) is 2.14. The zero-order valence-electron chi connectivity index (χ0n) is 14.1. The second-order valence-electron chi connectivity index (χ2n) is 6.19. The summed E-state index contributed by atoms with van der Waals surface area (Å²) in [4.78, 5) is 1.30. The first-order valence-electron chi connectivity index (χ1n) is 8.00. The van der Waals surface area contributed by atoms with Gasteiger partial charge in [-0.25, -0.2) is 0 Å². The molecule has 0 aliphatic heterocycles. The number of hydrogen-bond acceptors (Lipinski definition) is 3. The Bertz CT molecular complexity index is 813. The van der Waals surface area contributed by atoms with Gasteiger partial charge >= 0.3 is 0 Å². The Morgan fingerprint density at radius 1 is 1.12 bits per heavy atom. The van der Waals surface area contributed by atoms with Gasteiger partial charge < -0.3 is 9.32 Å². The Balaban J connectivity index is 1.73. The van der Waals surface area contributed by atoms with Gasteiger partial charge in [0.25, 0.3) is 5.89 Å². The molecule has 4 nitrogen and oxygen atoms in total. The molecule has 0 saturated carbocycles. The molecule has 3 rings (SSSR count). The van der Waals surface area contributed by atoms with E-state index in [4.69, 9.17) is 4.42 Å². The fourth-order valence-electron chi connectivity index (χ4n) is 2.59. The smallest absolute Gasteiger partial charge is 0.274 e. The van der Waals surface area contributed by atoms with Gasteiger partial charge in [-0.2, -0.15) is 0 Å². The lowest BCUT2D eigenvalue weighted by atomic mass is 10.1. The highest BCUT2D eigenvalue weighted by molar-refractivity contribution is 9.10. The van der Waals surface area contributed by atoms with Gasteiger partial charge in [0, 0.05) is 15.6 Å². The molecule has 0 aliphatic rings. The number of nitrogens with one attached hydrogen (secondary N) is 1. The molecular weight excluding hydrogens is 366 g/mol. The normalized spacial score (nSPS) is 13.7. The number of halogens is 1. The SMILES string of the molecule is Cc1cccc(-c2nnc([C@H](C)[NH+](C)Cc3ccc(Br)cc3)o2)c1. The van der Waals surface area contributed by atoms with Crippen LogP contribution in [0.3, 0.4) is 0 Å². The maximum Gasteiger partial charge on any atom is 0.274 e. The minimum absolute atomic E-state index is 0.125. The van der Waals surface area contributed by atoms with E-state index in [-0.39, 0.29) is 6.04 Å².